The molecule has 136 valence electrons. The van der Waals surface area contributed by atoms with Gasteiger partial charge in [0.25, 0.3) is 11.1 Å². The summed E-state index contributed by atoms with van der Waals surface area (Å²) in [5.41, 5.74) is -3.62. The fourth-order valence-corrected chi connectivity index (χ4v) is 1.89. The number of carbonyl (C=O) groups is 2. The highest BCUT2D eigenvalue weighted by molar-refractivity contribution is 5.96. The lowest BCUT2D eigenvalue weighted by molar-refractivity contribution is -0.141. The summed E-state index contributed by atoms with van der Waals surface area (Å²) < 4.78 is 4.85. The molecule has 2 aromatic rings. The van der Waals surface area contributed by atoms with E-state index in [1.165, 1.54) is 0 Å². The van der Waals surface area contributed by atoms with Crippen molar-refractivity contribution in [3.63, 3.8) is 0 Å². The third-order valence-corrected chi connectivity index (χ3v) is 3.09. The molecule has 12 heteroatoms. The van der Waals surface area contributed by atoms with Crippen LogP contribution in [0.2, 0.25) is 0 Å². The molecule has 0 radical (unpaired) electrons. The number of aromatic amines is 4. The molecule has 26 heavy (non-hydrogen) atoms. The molecular weight excluding hydrogens is 352 g/mol. The van der Waals surface area contributed by atoms with Crippen molar-refractivity contribution in [2.75, 3.05) is 0 Å². The maximum Gasteiger partial charge on any atom is 0.334 e. The Balaban J connectivity index is 2.20. The molecule has 0 spiro atoms. The number of esters is 1. The van der Waals surface area contributed by atoms with Gasteiger partial charge in [0.05, 0.1) is 5.56 Å². The van der Waals surface area contributed by atoms with Crippen molar-refractivity contribution >= 4 is 11.9 Å². The first kappa shape index (κ1) is 18.4. The molecule has 0 amide bonds. The Hall–Kier alpha value is -3.96. The summed E-state index contributed by atoms with van der Waals surface area (Å²) in [5, 5.41) is 8.86. The average molecular weight is 364 g/mol. The number of ether oxygens (including phenoxy) is 1. The number of hydrogen-bond donors (Lipinski definition) is 5. The van der Waals surface area contributed by atoms with Crippen LogP contribution < -0.4 is 22.5 Å². The van der Waals surface area contributed by atoms with E-state index < -0.39 is 53.0 Å². The zero-order chi connectivity index (χ0) is 19.3. The van der Waals surface area contributed by atoms with Gasteiger partial charge in [-0.2, -0.15) is 0 Å². The maximum atomic E-state index is 12.1. The van der Waals surface area contributed by atoms with Gasteiger partial charge in [0.2, 0.25) is 0 Å². The second kappa shape index (κ2) is 7.74. The zero-order valence-electron chi connectivity index (χ0n) is 13.0. The molecule has 0 saturated heterocycles. The number of nitrogens with one attached hydrogen (secondary N) is 4. The Morgan fingerprint density at radius 2 is 1.50 bits per heavy atom. The van der Waals surface area contributed by atoms with Crippen molar-refractivity contribution in [3.8, 4) is 0 Å². The van der Waals surface area contributed by atoms with E-state index in [-0.39, 0.29) is 11.1 Å². The summed E-state index contributed by atoms with van der Waals surface area (Å²) in [6, 6.07) is 0. The third kappa shape index (κ3) is 4.77. The Bertz CT molecular complexity index is 1100. The van der Waals surface area contributed by atoms with Gasteiger partial charge in [-0.25, -0.2) is 19.2 Å². The molecule has 0 bridgehead atoms. The lowest BCUT2D eigenvalue weighted by atomic mass is 10.1. The predicted molar refractivity (Wildman–Crippen MR) is 84.6 cm³/mol. The fraction of sp³-hybridized carbons (Fsp3) is 0.143. The number of hydrogen-bond acceptors (Lipinski definition) is 7. The average Bonchev–Trinajstić information content (AvgIpc) is 2.55. The van der Waals surface area contributed by atoms with Crippen LogP contribution in [0.5, 0.6) is 0 Å². The zero-order valence-corrected chi connectivity index (χ0v) is 13.0. The molecule has 0 aliphatic carbocycles. The molecule has 0 aliphatic rings. The van der Waals surface area contributed by atoms with Gasteiger partial charge in [0.1, 0.15) is 6.61 Å². The van der Waals surface area contributed by atoms with Crippen molar-refractivity contribution in [2.24, 2.45) is 0 Å². The van der Waals surface area contributed by atoms with Gasteiger partial charge in [0.15, 0.2) is 0 Å². The third-order valence-electron chi connectivity index (χ3n) is 3.09. The van der Waals surface area contributed by atoms with Gasteiger partial charge in [-0.05, 0) is 0 Å². The van der Waals surface area contributed by atoms with Gasteiger partial charge >= 0.3 is 23.3 Å². The minimum absolute atomic E-state index is 0.0732. The SMILES string of the molecule is O=C(O)C=C(Cc1c[nH]c(=O)[nH]c1=O)C(=O)OCc1c[nH]c(=O)[nH]c1=O. The second-order valence-corrected chi connectivity index (χ2v) is 4.96. The minimum atomic E-state index is -1.46. The number of rotatable bonds is 6. The van der Waals surface area contributed by atoms with E-state index in [0.717, 1.165) is 12.4 Å². The Morgan fingerprint density at radius 1 is 0.962 bits per heavy atom. The van der Waals surface area contributed by atoms with Crippen LogP contribution in [0.25, 0.3) is 0 Å². The van der Waals surface area contributed by atoms with E-state index in [1.54, 1.807) is 0 Å². The largest absolute Gasteiger partial charge is 0.478 e. The standard InChI is InChI=1S/C14H12N4O8/c19-9(20)2-6(1-7-3-15-13(24)17-10(7)21)12(23)26-5-8-4-16-14(25)18-11(8)22/h2-4H,1,5H2,(H,19,20)(H2,15,17,21,24)(H2,16,18,22,25). The Kier molecular flexibility index (Phi) is 5.47. The predicted octanol–water partition coefficient (Wildman–Crippen LogP) is -2.26. The summed E-state index contributed by atoms with van der Waals surface area (Å²) in [6.07, 6.45) is 2.20. The lowest BCUT2D eigenvalue weighted by Crippen LogP contribution is -2.27. The van der Waals surface area contributed by atoms with E-state index >= 15 is 0 Å². The second-order valence-electron chi connectivity index (χ2n) is 4.96. The van der Waals surface area contributed by atoms with E-state index in [4.69, 9.17) is 9.84 Å². The van der Waals surface area contributed by atoms with Crippen LogP contribution in [-0.4, -0.2) is 37.0 Å². The molecule has 0 aliphatic heterocycles. The number of carboxylic acids is 1. The molecule has 0 unspecified atom stereocenters. The number of H-pyrrole nitrogens is 4. The molecule has 0 atom stereocenters. The van der Waals surface area contributed by atoms with Crippen molar-refractivity contribution in [2.45, 2.75) is 13.0 Å². The molecule has 0 aromatic carbocycles. The van der Waals surface area contributed by atoms with Crippen molar-refractivity contribution in [3.05, 3.63) is 76.8 Å². The quantitative estimate of drug-likeness (QED) is 0.279. The number of carboxylic acid groups (broad SMARTS) is 1. The van der Waals surface area contributed by atoms with E-state index in [9.17, 15) is 28.8 Å². The highest BCUT2D eigenvalue weighted by Gasteiger charge is 2.17. The molecule has 2 heterocycles. The Labute approximate surface area is 142 Å². The Morgan fingerprint density at radius 3 is 2.00 bits per heavy atom. The van der Waals surface area contributed by atoms with E-state index in [2.05, 4.69) is 9.97 Å². The van der Waals surface area contributed by atoms with Crippen LogP contribution in [0.1, 0.15) is 11.1 Å². The molecule has 0 fully saturated rings. The van der Waals surface area contributed by atoms with Gasteiger partial charge < -0.3 is 19.8 Å². The molecule has 12 nitrogen and oxygen atoms in total. The summed E-state index contributed by atoms with van der Waals surface area (Å²) in [5.74, 6) is -2.55. The van der Waals surface area contributed by atoms with Crippen molar-refractivity contribution in [1.82, 2.24) is 19.9 Å². The highest BCUT2D eigenvalue weighted by Crippen LogP contribution is 2.07. The molecule has 2 rings (SSSR count). The van der Waals surface area contributed by atoms with Crippen LogP contribution in [0.15, 0.2) is 43.2 Å². The number of aromatic nitrogens is 4. The molecular formula is C14H12N4O8. The summed E-state index contributed by atoms with van der Waals surface area (Å²) >= 11 is 0. The summed E-state index contributed by atoms with van der Waals surface area (Å²) in [7, 11) is 0. The summed E-state index contributed by atoms with van der Waals surface area (Å²) in [4.78, 5) is 76.3. The van der Waals surface area contributed by atoms with Gasteiger partial charge in [-0.3, -0.25) is 19.6 Å². The number of carbonyl (C=O) groups excluding carboxylic acids is 1. The van der Waals surface area contributed by atoms with Crippen LogP contribution in [-0.2, 0) is 27.4 Å². The highest BCUT2D eigenvalue weighted by atomic mass is 16.5. The smallest absolute Gasteiger partial charge is 0.334 e. The van der Waals surface area contributed by atoms with E-state index in [1.807, 2.05) is 9.97 Å². The van der Waals surface area contributed by atoms with Gasteiger partial charge in [-0.15, -0.1) is 0 Å². The van der Waals surface area contributed by atoms with Crippen LogP contribution in [0, 0.1) is 0 Å². The first-order valence-electron chi connectivity index (χ1n) is 6.98. The van der Waals surface area contributed by atoms with Gasteiger partial charge in [-0.1, -0.05) is 0 Å². The monoisotopic (exact) mass is 364 g/mol. The van der Waals surface area contributed by atoms with Crippen molar-refractivity contribution in [1.29, 1.82) is 0 Å². The topological polar surface area (TPSA) is 195 Å². The summed E-state index contributed by atoms with van der Waals surface area (Å²) in [6.45, 7) is -0.538. The van der Waals surface area contributed by atoms with E-state index in [0.29, 0.717) is 6.08 Å². The van der Waals surface area contributed by atoms with Crippen molar-refractivity contribution < 1.29 is 19.4 Å². The van der Waals surface area contributed by atoms with Crippen LogP contribution >= 0.6 is 0 Å². The first-order valence-corrected chi connectivity index (χ1v) is 6.98. The number of aliphatic carboxylic acids is 1. The van der Waals surface area contributed by atoms with Crippen LogP contribution in [0.4, 0.5) is 0 Å². The minimum Gasteiger partial charge on any atom is -0.478 e. The molecule has 2 aromatic heterocycles. The van der Waals surface area contributed by atoms with Crippen LogP contribution in [0.3, 0.4) is 0 Å². The normalized spacial score (nSPS) is 11.2. The maximum absolute atomic E-state index is 12.1. The van der Waals surface area contributed by atoms with Gasteiger partial charge in [0, 0.05) is 36.0 Å². The molecule has 0 saturated carbocycles. The fourth-order valence-electron chi connectivity index (χ4n) is 1.89. The first-order chi connectivity index (χ1) is 12.3. The lowest BCUT2D eigenvalue weighted by Gasteiger charge is -2.07. The molecule has 5 N–H and O–H groups in total.